The van der Waals surface area contributed by atoms with Gasteiger partial charge in [-0.2, -0.15) is 0 Å². The lowest BCUT2D eigenvalue weighted by atomic mass is 10.1. The van der Waals surface area contributed by atoms with Gasteiger partial charge in [0.05, 0.1) is 6.42 Å². The minimum absolute atomic E-state index is 0.137. The van der Waals surface area contributed by atoms with E-state index in [1.807, 2.05) is 45.0 Å². The van der Waals surface area contributed by atoms with E-state index in [-0.39, 0.29) is 24.8 Å². The van der Waals surface area contributed by atoms with E-state index in [0.29, 0.717) is 6.54 Å². The topological polar surface area (TPSA) is 57.6 Å². The molecule has 0 heterocycles. The lowest BCUT2D eigenvalue weighted by Gasteiger charge is -2.22. The lowest BCUT2D eigenvalue weighted by Crippen LogP contribution is -2.39. The van der Waals surface area contributed by atoms with Gasteiger partial charge in [-0.1, -0.05) is 43.7 Å². The zero-order valence-corrected chi connectivity index (χ0v) is 11.7. The predicted molar refractivity (Wildman–Crippen MR) is 73.9 cm³/mol. The Morgan fingerprint density at radius 2 is 2.00 bits per heavy atom. The Bertz CT molecular complexity index is 454. The molecule has 1 amide bonds. The van der Waals surface area contributed by atoms with Crippen LogP contribution in [0.25, 0.3) is 0 Å². The van der Waals surface area contributed by atoms with Crippen LogP contribution in [0.2, 0.25) is 0 Å². The molecule has 0 saturated heterocycles. The van der Waals surface area contributed by atoms with Gasteiger partial charge in [0.15, 0.2) is 0 Å². The Morgan fingerprint density at radius 3 is 2.53 bits per heavy atom. The van der Waals surface area contributed by atoms with Gasteiger partial charge in [0.25, 0.3) is 0 Å². The second-order valence-corrected chi connectivity index (χ2v) is 5.23. The molecule has 4 nitrogen and oxygen atoms in total. The van der Waals surface area contributed by atoms with Crippen LogP contribution < -0.4 is 0 Å². The van der Waals surface area contributed by atoms with Crippen molar-refractivity contribution in [1.82, 2.24) is 4.90 Å². The van der Waals surface area contributed by atoms with Crippen molar-refractivity contribution in [2.75, 3.05) is 13.1 Å². The molecule has 0 fully saturated rings. The van der Waals surface area contributed by atoms with Crippen molar-refractivity contribution in [3.8, 4) is 0 Å². The van der Waals surface area contributed by atoms with Crippen molar-refractivity contribution < 1.29 is 14.7 Å². The smallest absolute Gasteiger partial charge is 0.323 e. The summed E-state index contributed by atoms with van der Waals surface area (Å²) in [4.78, 5) is 24.4. The molecule has 0 radical (unpaired) electrons. The summed E-state index contributed by atoms with van der Waals surface area (Å²) in [5.74, 6) is -0.860. The lowest BCUT2D eigenvalue weighted by molar-refractivity contribution is -0.144. The first-order chi connectivity index (χ1) is 8.88. The van der Waals surface area contributed by atoms with Crippen LogP contribution in [0.15, 0.2) is 24.3 Å². The van der Waals surface area contributed by atoms with E-state index >= 15 is 0 Å². The highest BCUT2D eigenvalue weighted by molar-refractivity contribution is 5.83. The summed E-state index contributed by atoms with van der Waals surface area (Å²) in [5.41, 5.74) is 2.02. The highest BCUT2D eigenvalue weighted by Gasteiger charge is 2.18. The Hall–Kier alpha value is -1.84. The number of aliphatic carboxylic acids is 1. The number of carbonyl (C=O) groups is 2. The predicted octanol–water partition coefficient (Wildman–Crippen LogP) is 2.11. The quantitative estimate of drug-likeness (QED) is 0.855. The molecule has 0 aliphatic rings. The van der Waals surface area contributed by atoms with Crippen LogP contribution in [0.4, 0.5) is 0 Å². The van der Waals surface area contributed by atoms with Crippen LogP contribution >= 0.6 is 0 Å². The Balaban J connectivity index is 2.73. The molecule has 0 saturated carbocycles. The molecule has 1 aromatic carbocycles. The number of nitrogens with zero attached hydrogens (tertiary/aromatic N) is 1. The van der Waals surface area contributed by atoms with Crippen LogP contribution in [-0.4, -0.2) is 35.0 Å². The first-order valence-corrected chi connectivity index (χ1v) is 6.43. The molecule has 1 rings (SSSR count). The van der Waals surface area contributed by atoms with E-state index in [1.54, 1.807) is 0 Å². The third kappa shape index (κ3) is 5.55. The Kier molecular flexibility index (Phi) is 5.55. The van der Waals surface area contributed by atoms with Crippen molar-refractivity contribution in [1.29, 1.82) is 0 Å². The zero-order chi connectivity index (χ0) is 14.4. The number of hydrogen-bond donors (Lipinski definition) is 1. The van der Waals surface area contributed by atoms with E-state index in [1.165, 1.54) is 4.90 Å². The number of aryl methyl sites for hydroxylation is 1. The Morgan fingerprint density at radius 1 is 1.32 bits per heavy atom. The summed E-state index contributed by atoms with van der Waals surface area (Å²) in [7, 11) is 0. The molecule has 104 valence electrons. The number of benzene rings is 1. The molecule has 19 heavy (non-hydrogen) atoms. The standard InChI is InChI=1S/C15H21NO3/c1-11(2)9-16(10-15(18)19)14(17)8-13-6-4-5-12(3)7-13/h4-7,11H,8-10H2,1-3H3,(H,18,19). The summed E-state index contributed by atoms with van der Waals surface area (Å²) >= 11 is 0. The fourth-order valence-corrected chi connectivity index (χ4v) is 1.97. The fourth-order valence-electron chi connectivity index (χ4n) is 1.97. The summed E-state index contributed by atoms with van der Waals surface area (Å²) in [5, 5.41) is 8.86. The van der Waals surface area contributed by atoms with Gasteiger partial charge in [0, 0.05) is 6.54 Å². The average Bonchev–Trinajstić information content (AvgIpc) is 2.26. The molecule has 0 aliphatic carbocycles. The largest absolute Gasteiger partial charge is 0.480 e. The first kappa shape index (κ1) is 15.2. The van der Waals surface area contributed by atoms with E-state index in [0.717, 1.165) is 11.1 Å². The van der Waals surface area contributed by atoms with Crippen molar-refractivity contribution >= 4 is 11.9 Å². The van der Waals surface area contributed by atoms with Gasteiger partial charge >= 0.3 is 5.97 Å². The Labute approximate surface area is 114 Å². The van der Waals surface area contributed by atoms with E-state index in [4.69, 9.17) is 5.11 Å². The highest BCUT2D eigenvalue weighted by atomic mass is 16.4. The highest BCUT2D eigenvalue weighted by Crippen LogP contribution is 2.08. The molecule has 0 aromatic heterocycles. The minimum Gasteiger partial charge on any atom is -0.480 e. The molecule has 0 aliphatic heterocycles. The van der Waals surface area contributed by atoms with Gasteiger partial charge in [0.1, 0.15) is 6.54 Å². The van der Waals surface area contributed by atoms with Crippen LogP contribution in [0.1, 0.15) is 25.0 Å². The first-order valence-electron chi connectivity index (χ1n) is 6.43. The molecule has 4 heteroatoms. The van der Waals surface area contributed by atoms with E-state index in [2.05, 4.69) is 0 Å². The maximum atomic E-state index is 12.2. The summed E-state index contributed by atoms with van der Waals surface area (Å²) < 4.78 is 0. The van der Waals surface area contributed by atoms with Crippen LogP contribution in [-0.2, 0) is 16.0 Å². The second-order valence-electron chi connectivity index (χ2n) is 5.23. The summed E-state index contributed by atoms with van der Waals surface area (Å²) in [6, 6.07) is 7.71. The van der Waals surface area contributed by atoms with Crippen LogP contribution in [0, 0.1) is 12.8 Å². The average molecular weight is 263 g/mol. The zero-order valence-electron chi connectivity index (χ0n) is 11.7. The molecule has 1 N–H and O–H groups in total. The normalized spacial score (nSPS) is 10.5. The van der Waals surface area contributed by atoms with Crippen molar-refractivity contribution in [3.63, 3.8) is 0 Å². The maximum Gasteiger partial charge on any atom is 0.323 e. The number of hydrogen-bond acceptors (Lipinski definition) is 2. The van der Waals surface area contributed by atoms with Crippen LogP contribution in [0.3, 0.4) is 0 Å². The van der Waals surface area contributed by atoms with Crippen molar-refractivity contribution in [2.24, 2.45) is 5.92 Å². The molecule has 0 spiro atoms. The third-order valence-electron chi connectivity index (χ3n) is 2.70. The summed E-state index contributed by atoms with van der Waals surface area (Å²) in [6.07, 6.45) is 0.252. The number of amides is 1. The maximum absolute atomic E-state index is 12.2. The summed E-state index contributed by atoms with van der Waals surface area (Å²) in [6.45, 7) is 6.14. The second kappa shape index (κ2) is 6.92. The molecule has 0 bridgehead atoms. The minimum atomic E-state index is -0.974. The van der Waals surface area contributed by atoms with E-state index < -0.39 is 5.97 Å². The number of carbonyl (C=O) groups excluding carboxylic acids is 1. The van der Waals surface area contributed by atoms with Gasteiger partial charge in [-0.15, -0.1) is 0 Å². The van der Waals surface area contributed by atoms with Crippen LogP contribution in [0.5, 0.6) is 0 Å². The fraction of sp³-hybridized carbons (Fsp3) is 0.467. The molecule has 0 unspecified atom stereocenters. The number of rotatable bonds is 6. The SMILES string of the molecule is Cc1cccc(CC(=O)N(CC(=O)O)CC(C)C)c1. The molecular weight excluding hydrogens is 242 g/mol. The third-order valence-corrected chi connectivity index (χ3v) is 2.70. The number of carboxylic acids is 1. The van der Waals surface area contributed by atoms with Crippen molar-refractivity contribution in [3.05, 3.63) is 35.4 Å². The van der Waals surface area contributed by atoms with Gasteiger partial charge in [-0.05, 0) is 18.4 Å². The monoisotopic (exact) mass is 263 g/mol. The van der Waals surface area contributed by atoms with E-state index in [9.17, 15) is 9.59 Å². The van der Waals surface area contributed by atoms with Gasteiger partial charge in [-0.25, -0.2) is 0 Å². The number of carboxylic acid groups (broad SMARTS) is 1. The van der Waals surface area contributed by atoms with Gasteiger partial charge in [-0.3, -0.25) is 9.59 Å². The van der Waals surface area contributed by atoms with Gasteiger partial charge in [0.2, 0.25) is 5.91 Å². The molecule has 1 aromatic rings. The molecular formula is C15H21NO3. The molecule has 0 atom stereocenters. The van der Waals surface area contributed by atoms with Gasteiger partial charge < -0.3 is 10.0 Å². The van der Waals surface area contributed by atoms with Crippen molar-refractivity contribution in [2.45, 2.75) is 27.2 Å².